The van der Waals surface area contributed by atoms with Crippen LogP contribution in [0.4, 0.5) is 0 Å². The van der Waals surface area contributed by atoms with Crippen LogP contribution in [0, 0.1) is 45.3 Å². The average molecular weight is 485 g/mol. The van der Waals surface area contributed by atoms with Crippen LogP contribution >= 0.6 is 0 Å². The molecule has 2 saturated carbocycles. The maximum Gasteiger partial charge on any atom is 0.306 e. The summed E-state index contributed by atoms with van der Waals surface area (Å²) in [6.45, 7) is 19.6. The summed E-state index contributed by atoms with van der Waals surface area (Å²) in [5.74, 6) is -0.623. The van der Waals surface area contributed by atoms with Gasteiger partial charge in [0.25, 0.3) is 0 Å². The van der Waals surface area contributed by atoms with Crippen LogP contribution in [0.5, 0.6) is 0 Å². The van der Waals surface area contributed by atoms with Gasteiger partial charge in [-0.15, -0.1) is 0 Å². The summed E-state index contributed by atoms with van der Waals surface area (Å²) in [5.41, 5.74) is 2.72. The second-order valence-corrected chi connectivity index (χ2v) is 13.8. The Balaban J connectivity index is 1.73. The Morgan fingerprint density at radius 3 is 2.34 bits per heavy atom. The zero-order chi connectivity index (χ0) is 26.1. The first-order chi connectivity index (χ1) is 16.1. The van der Waals surface area contributed by atoms with Crippen molar-refractivity contribution >= 4 is 5.97 Å². The first-order valence-electron chi connectivity index (χ1n) is 13.8. The van der Waals surface area contributed by atoms with Gasteiger partial charge in [-0.2, -0.15) is 0 Å². The lowest BCUT2D eigenvalue weighted by atomic mass is 9.44. The zero-order valence-electron chi connectivity index (χ0n) is 23.0. The highest BCUT2D eigenvalue weighted by molar-refractivity contribution is 5.71. The van der Waals surface area contributed by atoms with E-state index < -0.39 is 23.4 Å². The van der Waals surface area contributed by atoms with E-state index in [1.165, 1.54) is 11.1 Å². The van der Waals surface area contributed by atoms with Gasteiger partial charge in [-0.3, -0.25) is 4.79 Å². The number of allylic oxidation sites excluding steroid dienone is 4. The normalized spacial score (nSPS) is 42.9. The Labute approximate surface area is 212 Å². The molecule has 0 heterocycles. The number of carbonyl (C=O) groups is 1. The number of hydrogen-bond donors (Lipinski definition) is 3. The smallest absolute Gasteiger partial charge is 0.306 e. The van der Waals surface area contributed by atoms with Gasteiger partial charge in [0.2, 0.25) is 0 Å². The van der Waals surface area contributed by atoms with E-state index in [1.54, 1.807) is 0 Å². The third kappa shape index (κ3) is 3.64. The number of aliphatic carboxylic acids is 1. The number of aliphatic hydroxyl groups is 2. The van der Waals surface area contributed by atoms with Gasteiger partial charge in [-0.25, -0.2) is 0 Å². The topological polar surface area (TPSA) is 77.8 Å². The van der Waals surface area contributed by atoms with Gasteiger partial charge >= 0.3 is 5.97 Å². The molecule has 4 aliphatic carbocycles. The highest BCUT2D eigenvalue weighted by Gasteiger charge is 2.67. The number of carboxylic acid groups (broad SMARTS) is 1. The van der Waals surface area contributed by atoms with Crippen molar-refractivity contribution in [3.8, 4) is 0 Å². The van der Waals surface area contributed by atoms with Crippen LogP contribution in [0.3, 0.4) is 0 Å². The van der Waals surface area contributed by atoms with E-state index in [-0.39, 0.29) is 28.3 Å². The van der Waals surface area contributed by atoms with Crippen molar-refractivity contribution in [2.45, 2.75) is 106 Å². The van der Waals surface area contributed by atoms with E-state index in [0.29, 0.717) is 24.7 Å². The Morgan fingerprint density at radius 2 is 1.74 bits per heavy atom. The Kier molecular flexibility index (Phi) is 6.54. The number of hydrogen-bond acceptors (Lipinski definition) is 3. The minimum Gasteiger partial charge on any atom is -0.481 e. The molecule has 4 heteroatoms. The molecule has 0 aromatic heterocycles. The van der Waals surface area contributed by atoms with Gasteiger partial charge in [-0.05, 0) is 90.1 Å². The van der Waals surface area contributed by atoms with Crippen molar-refractivity contribution in [2.75, 3.05) is 0 Å². The van der Waals surface area contributed by atoms with Crippen LogP contribution in [0.15, 0.2) is 35.5 Å². The molecule has 4 aliphatic rings. The van der Waals surface area contributed by atoms with Crippen LogP contribution in [0.2, 0.25) is 0 Å². The van der Waals surface area contributed by atoms with Gasteiger partial charge in [-0.1, -0.05) is 72.8 Å². The van der Waals surface area contributed by atoms with E-state index in [2.05, 4.69) is 67.2 Å². The molecule has 0 saturated heterocycles. The van der Waals surface area contributed by atoms with Crippen LogP contribution in [-0.4, -0.2) is 33.5 Å². The van der Waals surface area contributed by atoms with Crippen molar-refractivity contribution in [1.29, 1.82) is 0 Å². The summed E-state index contributed by atoms with van der Waals surface area (Å²) < 4.78 is 0. The highest BCUT2D eigenvalue weighted by Crippen LogP contribution is 2.71. The Morgan fingerprint density at radius 1 is 1.09 bits per heavy atom. The molecule has 35 heavy (non-hydrogen) atoms. The predicted octanol–water partition coefficient (Wildman–Crippen LogP) is 6.54. The van der Waals surface area contributed by atoms with Crippen LogP contribution < -0.4 is 0 Å². The first-order valence-corrected chi connectivity index (χ1v) is 13.8. The van der Waals surface area contributed by atoms with Gasteiger partial charge in [0.1, 0.15) is 0 Å². The molecule has 4 nitrogen and oxygen atoms in total. The van der Waals surface area contributed by atoms with E-state index >= 15 is 0 Å². The molecule has 0 amide bonds. The number of aliphatic hydroxyl groups excluding tert-OH is 2. The van der Waals surface area contributed by atoms with Crippen molar-refractivity contribution in [1.82, 2.24) is 0 Å². The van der Waals surface area contributed by atoms with Crippen molar-refractivity contribution in [3.63, 3.8) is 0 Å². The third-order valence-electron chi connectivity index (χ3n) is 11.8. The van der Waals surface area contributed by atoms with Gasteiger partial charge in [0.05, 0.1) is 18.1 Å². The Hall–Kier alpha value is -1.39. The summed E-state index contributed by atoms with van der Waals surface area (Å²) in [6, 6.07) is 0. The standard InChI is InChI=1S/C31H48O4/c1-18(2)19(3)9-10-20(27(34)35)23-17-26(33)31(8)22-11-12-24-28(4,5)25(32)14-15-29(24,6)21(22)13-16-30(23,31)7/h11,13,18,20,23-26,32-33H,3,9-10,12,14-17H2,1-2,4-8H3,(H,34,35)/t20-,23-,24+,25-,26+,29-,30-,31-/m1/s1. The molecule has 2 fully saturated rings. The monoisotopic (exact) mass is 484 g/mol. The number of rotatable bonds is 6. The molecule has 0 unspecified atom stereocenters. The van der Waals surface area contributed by atoms with Gasteiger partial charge < -0.3 is 15.3 Å². The summed E-state index contributed by atoms with van der Waals surface area (Å²) in [4.78, 5) is 12.6. The fraction of sp³-hybridized carbons (Fsp3) is 0.774. The molecule has 4 rings (SSSR count). The Bertz CT molecular complexity index is 957. The van der Waals surface area contributed by atoms with Crippen molar-refractivity contribution in [2.24, 2.45) is 45.3 Å². The first kappa shape index (κ1) is 26.7. The molecule has 0 aromatic carbocycles. The fourth-order valence-electron chi connectivity index (χ4n) is 8.81. The van der Waals surface area contributed by atoms with Gasteiger partial charge in [0, 0.05) is 5.41 Å². The second-order valence-electron chi connectivity index (χ2n) is 13.8. The van der Waals surface area contributed by atoms with E-state index in [9.17, 15) is 20.1 Å². The fourth-order valence-corrected chi connectivity index (χ4v) is 8.81. The number of carboxylic acids is 1. The summed E-state index contributed by atoms with van der Waals surface area (Å²) in [5, 5.41) is 32.8. The molecule has 0 aliphatic heterocycles. The van der Waals surface area contributed by atoms with Crippen molar-refractivity contribution < 1.29 is 20.1 Å². The maximum atomic E-state index is 12.6. The van der Waals surface area contributed by atoms with Crippen LogP contribution in [0.1, 0.15) is 93.4 Å². The maximum absolute atomic E-state index is 12.6. The molecule has 0 aromatic rings. The average Bonchev–Trinajstić information content (AvgIpc) is 2.98. The summed E-state index contributed by atoms with van der Waals surface area (Å²) >= 11 is 0. The quantitative estimate of drug-likeness (QED) is 0.374. The number of fused-ring (bicyclic) bond motifs is 5. The minimum atomic E-state index is -0.744. The second kappa shape index (κ2) is 8.58. The molecule has 8 atom stereocenters. The van der Waals surface area contributed by atoms with Gasteiger partial charge in [0.15, 0.2) is 0 Å². The summed E-state index contributed by atoms with van der Waals surface area (Å²) in [7, 11) is 0. The molecular weight excluding hydrogens is 436 g/mol. The SMILES string of the molecule is C=C(CC[C@@H](C(=O)O)[C@H]1C[C@H](O)[C@@]2(C)C3=CC[C@H]4C(C)(C)[C@H](O)CC[C@]4(C)C3=CC[C@]12C)C(C)C. The lowest BCUT2D eigenvalue weighted by molar-refractivity contribution is -0.146. The lowest BCUT2D eigenvalue weighted by Crippen LogP contribution is -2.55. The largest absolute Gasteiger partial charge is 0.481 e. The van der Waals surface area contributed by atoms with Crippen molar-refractivity contribution in [3.05, 3.63) is 35.5 Å². The molecule has 3 N–H and O–H groups in total. The molecule has 0 spiro atoms. The van der Waals surface area contributed by atoms with Crippen LogP contribution in [0.25, 0.3) is 0 Å². The molecular formula is C31H48O4. The van der Waals surface area contributed by atoms with E-state index in [1.807, 2.05) is 0 Å². The predicted molar refractivity (Wildman–Crippen MR) is 141 cm³/mol. The lowest BCUT2D eigenvalue weighted by Gasteiger charge is -2.61. The molecule has 0 bridgehead atoms. The zero-order valence-corrected chi connectivity index (χ0v) is 23.0. The third-order valence-corrected chi connectivity index (χ3v) is 11.8. The van der Waals surface area contributed by atoms with Crippen LogP contribution in [-0.2, 0) is 4.79 Å². The highest BCUT2D eigenvalue weighted by atomic mass is 16.4. The van der Waals surface area contributed by atoms with E-state index in [0.717, 1.165) is 37.7 Å². The van der Waals surface area contributed by atoms with E-state index in [4.69, 9.17) is 0 Å². The molecule has 196 valence electrons. The molecule has 0 radical (unpaired) electrons. The minimum absolute atomic E-state index is 0.0316. The summed E-state index contributed by atoms with van der Waals surface area (Å²) in [6.07, 6.45) is 9.14.